The van der Waals surface area contributed by atoms with Crippen molar-refractivity contribution in [1.82, 2.24) is 5.32 Å². The van der Waals surface area contributed by atoms with Crippen molar-refractivity contribution in [3.63, 3.8) is 0 Å². The van der Waals surface area contributed by atoms with Gasteiger partial charge in [0.25, 0.3) is 5.91 Å². The molecule has 6 nitrogen and oxygen atoms in total. The van der Waals surface area contributed by atoms with E-state index in [4.69, 9.17) is 0 Å². The summed E-state index contributed by atoms with van der Waals surface area (Å²) in [6.07, 6.45) is 4.37. The molecule has 1 heterocycles. The zero-order chi connectivity index (χ0) is 20.6. The van der Waals surface area contributed by atoms with Crippen LogP contribution in [0.15, 0.2) is 42.5 Å². The van der Waals surface area contributed by atoms with E-state index in [1.54, 1.807) is 6.07 Å². The molecule has 0 radical (unpaired) electrons. The fourth-order valence-corrected chi connectivity index (χ4v) is 3.56. The molecule has 0 aliphatic carbocycles. The van der Waals surface area contributed by atoms with Crippen LogP contribution < -0.4 is 20.9 Å². The maximum atomic E-state index is 12.8. The highest BCUT2D eigenvalue weighted by molar-refractivity contribution is 6.04. The average Bonchev–Trinajstić information content (AvgIpc) is 2.72. The molecule has 1 aliphatic rings. The van der Waals surface area contributed by atoms with E-state index in [0.29, 0.717) is 17.8 Å². The number of aryl methyl sites for hydroxylation is 1. The van der Waals surface area contributed by atoms with Gasteiger partial charge in [-0.25, -0.2) is 4.79 Å². The standard InChI is InChI=1S/C23H30N4O2/c1-3-12-24-22(28)20-16-19(10-11-21(20)27-13-5-4-6-14-27)26-23(29)25-18-9-7-8-17(2)15-18/h7-11,15-16H,3-6,12-14H2,1-2H3,(H,24,28)(H2,25,26,29). The van der Waals surface area contributed by atoms with Gasteiger partial charge in [0.05, 0.1) is 5.56 Å². The van der Waals surface area contributed by atoms with Gasteiger partial charge < -0.3 is 20.9 Å². The van der Waals surface area contributed by atoms with Crippen molar-refractivity contribution in [2.45, 2.75) is 39.5 Å². The van der Waals surface area contributed by atoms with Gasteiger partial charge in [0.15, 0.2) is 0 Å². The summed E-state index contributed by atoms with van der Waals surface area (Å²) in [5.74, 6) is -0.102. The lowest BCUT2D eigenvalue weighted by Crippen LogP contribution is -2.33. The van der Waals surface area contributed by atoms with E-state index < -0.39 is 0 Å². The molecule has 2 aromatic carbocycles. The Bertz CT molecular complexity index is 860. The number of carbonyl (C=O) groups excluding carboxylic acids is 2. The van der Waals surface area contributed by atoms with Crippen molar-refractivity contribution in [3.05, 3.63) is 53.6 Å². The number of carbonyl (C=O) groups is 2. The summed E-state index contributed by atoms with van der Waals surface area (Å²) >= 11 is 0. The number of nitrogens with one attached hydrogen (secondary N) is 3. The second-order valence-electron chi connectivity index (χ2n) is 7.48. The topological polar surface area (TPSA) is 73.5 Å². The average molecular weight is 395 g/mol. The first-order valence-corrected chi connectivity index (χ1v) is 10.4. The number of benzene rings is 2. The lowest BCUT2D eigenvalue weighted by molar-refractivity contribution is 0.0954. The van der Waals surface area contributed by atoms with Gasteiger partial charge in [-0.15, -0.1) is 0 Å². The molecule has 1 fully saturated rings. The monoisotopic (exact) mass is 394 g/mol. The van der Waals surface area contributed by atoms with Crippen LogP contribution in [0.5, 0.6) is 0 Å². The first-order chi connectivity index (χ1) is 14.1. The van der Waals surface area contributed by atoms with Crippen molar-refractivity contribution < 1.29 is 9.59 Å². The molecule has 6 heteroatoms. The Morgan fingerprint density at radius 3 is 2.38 bits per heavy atom. The minimum atomic E-state index is -0.332. The number of piperidine rings is 1. The molecule has 2 aromatic rings. The van der Waals surface area contributed by atoms with Crippen LogP contribution in [0, 0.1) is 6.92 Å². The fraction of sp³-hybridized carbons (Fsp3) is 0.391. The van der Waals surface area contributed by atoms with Gasteiger partial charge >= 0.3 is 6.03 Å². The summed E-state index contributed by atoms with van der Waals surface area (Å²) in [5.41, 5.74) is 3.94. The number of hydrogen-bond acceptors (Lipinski definition) is 3. The SMILES string of the molecule is CCCNC(=O)c1cc(NC(=O)Nc2cccc(C)c2)ccc1N1CCCCC1. The Labute approximate surface area is 172 Å². The third-order valence-electron chi connectivity index (χ3n) is 5.01. The van der Waals surface area contributed by atoms with Gasteiger partial charge in [-0.1, -0.05) is 19.1 Å². The van der Waals surface area contributed by atoms with Gasteiger partial charge in [-0.2, -0.15) is 0 Å². The number of rotatable bonds is 6. The molecule has 0 saturated carbocycles. The lowest BCUT2D eigenvalue weighted by Gasteiger charge is -2.30. The molecule has 3 N–H and O–H groups in total. The second-order valence-corrected chi connectivity index (χ2v) is 7.48. The van der Waals surface area contributed by atoms with Gasteiger partial charge in [0.1, 0.15) is 0 Å². The third kappa shape index (κ3) is 5.73. The maximum absolute atomic E-state index is 12.8. The summed E-state index contributed by atoms with van der Waals surface area (Å²) in [6.45, 7) is 6.54. The van der Waals surface area contributed by atoms with Crippen LogP contribution in [0.25, 0.3) is 0 Å². The number of anilines is 3. The molecule has 3 rings (SSSR count). The van der Waals surface area contributed by atoms with Gasteiger partial charge in [0, 0.05) is 36.7 Å². The third-order valence-corrected chi connectivity index (χ3v) is 5.01. The van der Waals surface area contributed by atoms with E-state index >= 15 is 0 Å². The van der Waals surface area contributed by atoms with Gasteiger partial charge in [0.2, 0.25) is 0 Å². The summed E-state index contributed by atoms with van der Waals surface area (Å²) < 4.78 is 0. The molecule has 0 bridgehead atoms. The summed E-state index contributed by atoms with van der Waals surface area (Å²) in [7, 11) is 0. The highest BCUT2D eigenvalue weighted by Crippen LogP contribution is 2.27. The largest absolute Gasteiger partial charge is 0.371 e. The highest BCUT2D eigenvalue weighted by atomic mass is 16.2. The zero-order valence-electron chi connectivity index (χ0n) is 17.3. The number of nitrogens with zero attached hydrogens (tertiary/aromatic N) is 1. The van der Waals surface area contributed by atoms with Gasteiger partial charge in [-0.05, 0) is 68.5 Å². The maximum Gasteiger partial charge on any atom is 0.323 e. The Balaban J connectivity index is 1.77. The molecule has 0 atom stereocenters. The van der Waals surface area contributed by atoms with E-state index in [1.807, 2.05) is 50.2 Å². The Kier molecular flexibility index (Phi) is 7.11. The molecular formula is C23H30N4O2. The van der Waals surface area contributed by atoms with E-state index in [0.717, 1.165) is 49.3 Å². The number of hydrogen-bond donors (Lipinski definition) is 3. The van der Waals surface area contributed by atoms with Gasteiger partial charge in [-0.3, -0.25) is 4.79 Å². The van der Waals surface area contributed by atoms with Crippen LogP contribution in [0.1, 0.15) is 48.5 Å². The predicted molar refractivity (Wildman–Crippen MR) is 119 cm³/mol. The van der Waals surface area contributed by atoms with E-state index in [2.05, 4.69) is 20.9 Å². The number of urea groups is 1. The van der Waals surface area contributed by atoms with Crippen LogP contribution in [0.2, 0.25) is 0 Å². The molecule has 154 valence electrons. The fourth-order valence-electron chi connectivity index (χ4n) is 3.56. The van der Waals surface area contributed by atoms with Crippen LogP contribution in [-0.4, -0.2) is 31.6 Å². The predicted octanol–water partition coefficient (Wildman–Crippen LogP) is 4.77. The minimum absolute atomic E-state index is 0.102. The molecule has 0 spiro atoms. The van der Waals surface area contributed by atoms with Crippen molar-refractivity contribution >= 4 is 29.0 Å². The minimum Gasteiger partial charge on any atom is -0.371 e. The lowest BCUT2D eigenvalue weighted by atomic mass is 10.1. The quantitative estimate of drug-likeness (QED) is 0.661. The Hall–Kier alpha value is -3.02. The molecule has 1 aliphatic heterocycles. The summed E-state index contributed by atoms with van der Waals surface area (Å²) in [6, 6.07) is 12.9. The first-order valence-electron chi connectivity index (χ1n) is 10.4. The zero-order valence-corrected chi connectivity index (χ0v) is 17.3. The molecule has 3 amide bonds. The highest BCUT2D eigenvalue weighted by Gasteiger charge is 2.19. The Morgan fingerprint density at radius 1 is 0.966 bits per heavy atom. The van der Waals surface area contributed by atoms with E-state index in [-0.39, 0.29) is 11.9 Å². The molecule has 29 heavy (non-hydrogen) atoms. The van der Waals surface area contributed by atoms with Crippen LogP contribution >= 0.6 is 0 Å². The first kappa shape index (κ1) is 20.7. The van der Waals surface area contributed by atoms with E-state index in [9.17, 15) is 9.59 Å². The molecular weight excluding hydrogens is 364 g/mol. The second kappa shape index (κ2) is 9.96. The Morgan fingerprint density at radius 2 is 1.69 bits per heavy atom. The summed E-state index contributed by atoms with van der Waals surface area (Å²) in [5, 5.41) is 8.63. The van der Waals surface area contributed by atoms with Crippen LogP contribution in [0.3, 0.4) is 0 Å². The molecule has 1 saturated heterocycles. The van der Waals surface area contributed by atoms with Crippen molar-refractivity contribution in [2.75, 3.05) is 35.2 Å². The smallest absolute Gasteiger partial charge is 0.323 e. The van der Waals surface area contributed by atoms with Crippen LogP contribution in [-0.2, 0) is 0 Å². The van der Waals surface area contributed by atoms with Crippen LogP contribution in [0.4, 0.5) is 21.9 Å². The normalized spacial score (nSPS) is 13.7. The van der Waals surface area contributed by atoms with Crippen molar-refractivity contribution in [1.29, 1.82) is 0 Å². The van der Waals surface area contributed by atoms with Crippen molar-refractivity contribution in [2.24, 2.45) is 0 Å². The summed E-state index contributed by atoms with van der Waals surface area (Å²) in [4.78, 5) is 27.4. The molecule has 0 unspecified atom stereocenters. The number of amides is 3. The van der Waals surface area contributed by atoms with Crippen molar-refractivity contribution in [3.8, 4) is 0 Å². The van der Waals surface area contributed by atoms with E-state index in [1.165, 1.54) is 6.42 Å². The molecule has 0 aromatic heterocycles.